The van der Waals surface area contributed by atoms with E-state index < -0.39 is 5.97 Å². The zero-order valence-corrected chi connectivity index (χ0v) is 11.3. The molecule has 5 nitrogen and oxygen atoms in total. The molecule has 0 saturated heterocycles. The lowest BCUT2D eigenvalue weighted by Crippen LogP contribution is -2.34. The first-order valence-corrected chi connectivity index (χ1v) is 6.44. The van der Waals surface area contributed by atoms with E-state index >= 15 is 0 Å². The third-order valence-corrected chi connectivity index (χ3v) is 4.23. The summed E-state index contributed by atoms with van der Waals surface area (Å²) in [5.74, 6) is 0.750. The van der Waals surface area contributed by atoms with Gasteiger partial charge in [-0.1, -0.05) is 13.3 Å². The van der Waals surface area contributed by atoms with E-state index in [1.807, 2.05) is 11.5 Å². The van der Waals surface area contributed by atoms with Crippen molar-refractivity contribution in [2.24, 2.45) is 5.41 Å². The topological polar surface area (TPSA) is 70.1 Å². The number of nitrogens with zero attached hydrogens (tertiary/aromatic N) is 2. The minimum absolute atomic E-state index is 0.237. The summed E-state index contributed by atoms with van der Waals surface area (Å²) in [7, 11) is 1.34. The summed E-state index contributed by atoms with van der Waals surface area (Å²) in [6, 6.07) is 0. The van der Waals surface area contributed by atoms with Gasteiger partial charge in [0.15, 0.2) is 5.69 Å². The summed E-state index contributed by atoms with van der Waals surface area (Å²) < 4.78 is 6.64. The molecule has 1 aromatic heterocycles. The van der Waals surface area contributed by atoms with Crippen LogP contribution in [0.4, 0.5) is 5.82 Å². The molecule has 5 heteroatoms. The van der Waals surface area contributed by atoms with Crippen LogP contribution in [0.25, 0.3) is 0 Å². The molecule has 0 unspecified atom stereocenters. The molecule has 0 spiro atoms. The van der Waals surface area contributed by atoms with Crippen LogP contribution in [0.3, 0.4) is 0 Å². The largest absolute Gasteiger partial charge is 0.464 e. The summed E-state index contributed by atoms with van der Waals surface area (Å²) in [4.78, 5) is 15.8. The summed E-state index contributed by atoms with van der Waals surface area (Å²) in [5, 5.41) is 0. The zero-order valence-electron chi connectivity index (χ0n) is 11.3. The Balaban J connectivity index is 2.28. The van der Waals surface area contributed by atoms with E-state index in [-0.39, 0.29) is 5.69 Å². The second-order valence-corrected chi connectivity index (χ2v) is 5.18. The number of hydrogen-bond donors (Lipinski definition) is 1. The summed E-state index contributed by atoms with van der Waals surface area (Å²) in [6.45, 7) is 4.94. The minimum Gasteiger partial charge on any atom is -0.464 e. The van der Waals surface area contributed by atoms with Crippen molar-refractivity contribution >= 4 is 11.8 Å². The van der Waals surface area contributed by atoms with Crippen LogP contribution in [-0.4, -0.2) is 22.6 Å². The Kier molecular flexibility index (Phi) is 3.32. The number of methoxy groups -OCH3 is 1. The van der Waals surface area contributed by atoms with Crippen LogP contribution in [0.1, 0.15) is 48.9 Å². The maximum absolute atomic E-state index is 11.5. The molecule has 0 atom stereocenters. The van der Waals surface area contributed by atoms with Crippen molar-refractivity contribution < 1.29 is 9.53 Å². The van der Waals surface area contributed by atoms with Gasteiger partial charge in [0.25, 0.3) is 0 Å². The highest BCUT2D eigenvalue weighted by molar-refractivity contribution is 5.92. The first-order valence-electron chi connectivity index (χ1n) is 6.44. The van der Waals surface area contributed by atoms with Crippen LogP contribution < -0.4 is 5.73 Å². The standard InChI is InChI=1S/C13H21N3O2/c1-4-13(6-5-7-13)8-16-9(2)15-10(11(16)14)12(17)18-3/h4-8,14H2,1-3H3. The van der Waals surface area contributed by atoms with Crippen molar-refractivity contribution in [2.45, 2.75) is 46.1 Å². The van der Waals surface area contributed by atoms with Crippen molar-refractivity contribution in [3.05, 3.63) is 11.5 Å². The first-order chi connectivity index (χ1) is 8.53. The van der Waals surface area contributed by atoms with Crippen LogP contribution in [0.2, 0.25) is 0 Å². The molecule has 100 valence electrons. The molecular formula is C13H21N3O2. The molecule has 1 aliphatic rings. The van der Waals surface area contributed by atoms with Crippen LogP contribution in [0.15, 0.2) is 0 Å². The molecule has 1 fully saturated rings. The Morgan fingerprint density at radius 1 is 1.56 bits per heavy atom. The molecule has 1 aliphatic carbocycles. The molecule has 1 aromatic rings. The Hall–Kier alpha value is -1.52. The molecular weight excluding hydrogens is 230 g/mol. The number of rotatable bonds is 4. The molecule has 0 aliphatic heterocycles. The molecule has 0 radical (unpaired) electrons. The Morgan fingerprint density at radius 2 is 2.22 bits per heavy atom. The van der Waals surface area contributed by atoms with E-state index in [1.165, 1.54) is 26.4 Å². The SMILES string of the molecule is CCC1(Cn2c(C)nc(C(=O)OC)c2N)CCC1. The molecule has 0 aromatic carbocycles. The second kappa shape index (κ2) is 4.63. The lowest BCUT2D eigenvalue weighted by Gasteiger charge is -2.42. The molecule has 2 rings (SSSR count). The van der Waals surface area contributed by atoms with E-state index in [1.54, 1.807) is 0 Å². The number of aryl methyl sites for hydroxylation is 1. The molecule has 0 amide bonds. The number of carbonyl (C=O) groups is 1. The van der Waals surface area contributed by atoms with Gasteiger partial charge in [-0.15, -0.1) is 0 Å². The molecule has 1 saturated carbocycles. The number of nitrogens with two attached hydrogens (primary N) is 1. The Morgan fingerprint density at radius 3 is 2.67 bits per heavy atom. The van der Waals surface area contributed by atoms with E-state index in [2.05, 4.69) is 16.6 Å². The lowest BCUT2D eigenvalue weighted by molar-refractivity contribution is 0.0595. The van der Waals surface area contributed by atoms with E-state index in [4.69, 9.17) is 5.73 Å². The molecule has 18 heavy (non-hydrogen) atoms. The number of anilines is 1. The highest BCUT2D eigenvalue weighted by Gasteiger charge is 2.36. The third kappa shape index (κ3) is 1.98. The fourth-order valence-electron chi connectivity index (χ4n) is 2.66. The van der Waals surface area contributed by atoms with Gasteiger partial charge in [-0.25, -0.2) is 9.78 Å². The van der Waals surface area contributed by atoms with Gasteiger partial charge in [-0.05, 0) is 31.6 Å². The summed E-state index contributed by atoms with van der Waals surface area (Å²) in [6.07, 6.45) is 4.88. The fraction of sp³-hybridized carbons (Fsp3) is 0.692. The Bertz CT molecular complexity index is 456. The first kappa shape index (κ1) is 12.9. The summed E-state index contributed by atoms with van der Waals surface area (Å²) >= 11 is 0. The van der Waals surface area contributed by atoms with E-state index in [0.717, 1.165) is 18.8 Å². The average molecular weight is 251 g/mol. The number of hydrogen-bond acceptors (Lipinski definition) is 4. The molecule has 0 bridgehead atoms. The highest BCUT2D eigenvalue weighted by Crippen LogP contribution is 2.45. The summed E-state index contributed by atoms with van der Waals surface area (Å²) in [5.41, 5.74) is 6.60. The van der Waals surface area contributed by atoms with Crippen LogP contribution >= 0.6 is 0 Å². The second-order valence-electron chi connectivity index (χ2n) is 5.18. The maximum atomic E-state index is 11.5. The van der Waals surface area contributed by atoms with Gasteiger partial charge in [0, 0.05) is 6.54 Å². The number of ether oxygens (including phenoxy) is 1. The van der Waals surface area contributed by atoms with Crippen molar-refractivity contribution in [1.82, 2.24) is 9.55 Å². The van der Waals surface area contributed by atoms with Gasteiger partial charge in [0.2, 0.25) is 0 Å². The fourth-order valence-corrected chi connectivity index (χ4v) is 2.66. The van der Waals surface area contributed by atoms with Crippen molar-refractivity contribution in [1.29, 1.82) is 0 Å². The number of nitrogen functional groups attached to an aromatic ring is 1. The Labute approximate surface area is 107 Å². The van der Waals surface area contributed by atoms with Gasteiger partial charge >= 0.3 is 5.97 Å². The van der Waals surface area contributed by atoms with Crippen LogP contribution in [0, 0.1) is 12.3 Å². The predicted molar refractivity (Wildman–Crippen MR) is 69.3 cm³/mol. The quantitative estimate of drug-likeness (QED) is 0.832. The van der Waals surface area contributed by atoms with Crippen LogP contribution in [-0.2, 0) is 11.3 Å². The highest BCUT2D eigenvalue weighted by atomic mass is 16.5. The van der Waals surface area contributed by atoms with Crippen LogP contribution in [0.5, 0.6) is 0 Å². The number of esters is 1. The minimum atomic E-state index is -0.464. The lowest BCUT2D eigenvalue weighted by atomic mass is 9.67. The van der Waals surface area contributed by atoms with E-state index in [0.29, 0.717) is 11.2 Å². The number of carbonyl (C=O) groups excluding carboxylic acids is 1. The monoisotopic (exact) mass is 251 g/mol. The number of aromatic nitrogens is 2. The van der Waals surface area contributed by atoms with Crippen molar-refractivity contribution in [3.63, 3.8) is 0 Å². The normalized spacial score (nSPS) is 17.3. The average Bonchev–Trinajstić information content (AvgIpc) is 2.59. The predicted octanol–water partition coefficient (Wildman–Crippen LogP) is 2.14. The molecule has 2 N–H and O–H groups in total. The third-order valence-electron chi connectivity index (χ3n) is 4.23. The van der Waals surface area contributed by atoms with Crippen molar-refractivity contribution in [2.75, 3.05) is 12.8 Å². The maximum Gasteiger partial charge on any atom is 0.360 e. The van der Waals surface area contributed by atoms with Gasteiger partial charge in [-0.3, -0.25) is 0 Å². The molecule has 1 heterocycles. The van der Waals surface area contributed by atoms with Gasteiger partial charge < -0.3 is 15.0 Å². The zero-order chi connectivity index (χ0) is 13.3. The van der Waals surface area contributed by atoms with E-state index in [9.17, 15) is 4.79 Å². The number of imidazole rings is 1. The van der Waals surface area contributed by atoms with Gasteiger partial charge in [-0.2, -0.15) is 0 Å². The smallest absolute Gasteiger partial charge is 0.360 e. The van der Waals surface area contributed by atoms with Gasteiger partial charge in [0.1, 0.15) is 11.6 Å². The van der Waals surface area contributed by atoms with Crippen molar-refractivity contribution in [3.8, 4) is 0 Å². The van der Waals surface area contributed by atoms with Gasteiger partial charge in [0.05, 0.1) is 7.11 Å².